The SMILES string of the molecule is C[C@H]1CCN([C@@H]2CCC[C@H]2Oc2ccc3c(c2)CN(C2CCC(=O)NC2=O)C3=O)C1. The average molecular weight is 412 g/mol. The van der Waals surface area contributed by atoms with E-state index in [1.807, 2.05) is 18.2 Å². The van der Waals surface area contributed by atoms with Gasteiger partial charge in [0.05, 0.1) is 0 Å². The summed E-state index contributed by atoms with van der Waals surface area (Å²) in [6, 6.07) is 5.56. The van der Waals surface area contributed by atoms with Crippen molar-refractivity contribution in [2.24, 2.45) is 5.92 Å². The van der Waals surface area contributed by atoms with Crippen LogP contribution in [0.1, 0.15) is 61.4 Å². The van der Waals surface area contributed by atoms with Gasteiger partial charge < -0.3 is 9.64 Å². The molecule has 0 aromatic heterocycles. The normalized spacial score (nSPS) is 31.9. The van der Waals surface area contributed by atoms with Crippen LogP contribution in [0.5, 0.6) is 5.75 Å². The molecule has 1 aliphatic carbocycles. The fourth-order valence-corrected chi connectivity index (χ4v) is 5.53. The molecule has 160 valence electrons. The smallest absolute Gasteiger partial charge is 0.255 e. The Morgan fingerprint density at radius 1 is 1.10 bits per heavy atom. The first kappa shape index (κ1) is 19.5. The van der Waals surface area contributed by atoms with E-state index in [4.69, 9.17) is 4.74 Å². The first-order valence-electron chi connectivity index (χ1n) is 11.2. The summed E-state index contributed by atoms with van der Waals surface area (Å²) in [7, 11) is 0. The standard InChI is InChI=1S/C23H29N3O4/c1-14-9-10-25(12-14)18-3-2-4-20(18)30-16-5-6-17-15(11-16)13-26(23(17)29)19-7-8-21(27)24-22(19)28/h5-6,11,14,18-20H,2-4,7-10,12-13H2,1H3,(H,24,27,28)/t14-,18+,19?,20+/m0/s1. The van der Waals surface area contributed by atoms with E-state index in [-0.39, 0.29) is 30.2 Å². The molecular weight excluding hydrogens is 382 g/mol. The molecule has 3 fully saturated rings. The maximum Gasteiger partial charge on any atom is 0.255 e. The maximum atomic E-state index is 12.8. The molecule has 3 aliphatic heterocycles. The molecule has 3 heterocycles. The minimum atomic E-state index is -0.580. The van der Waals surface area contributed by atoms with Crippen LogP contribution in [0.2, 0.25) is 0 Å². The Balaban J connectivity index is 1.29. The highest BCUT2D eigenvalue weighted by Crippen LogP contribution is 2.34. The molecule has 2 saturated heterocycles. The van der Waals surface area contributed by atoms with Crippen LogP contribution in [0.4, 0.5) is 0 Å². The molecule has 0 bridgehead atoms. The predicted molar refractivity (Wildman–Crippen MR) is 110 cm³/mol. The number of carbonyl (C=O) groups excluding carboxylic acids is 3. The third-order valence-electron chi connectivity index (χ3n) is 7.12. The van der Waals surface area contributed by atoms with Crippen molar-refractivity contribution in [3.8, 4) is 5.75 Å². The van der Waals surface area contributed by atoms with Gasteiger partial charge in [-0.15, -0.1) is 0 Å². The van der Waals surface area contributed by atoms with Crippen molar-refractivity contribution in [3.05, 3.63) is 29.3 Å². The fraction of sp³-hybridized carbons (Fsp3) is 0.609. The van der Waals surface area contributed by atoms with Crippen LogP contribution in [-0.4, -0.2) is 58.8 Å². The molecule has 4 atom stereocenters. The number of ether oxygens (including phenoxy) is 1. The topological polar surface area (TPSA) is 79.0 Å². The molecule has 7 nitrogen and oxygen atoms in total. The molecule has 7 heteroatoms. The number of hydrogen-bond acceptors (Lipinski definition) is 5. The second-order valence-electron chi connectivity index (χ2n) is 9.26. The molecule has 1 saturated carbocycles. The summed E-state index contributed by atoms with van der Waals surface area (Å²) in [6.45, 7) is 5.02. The third-order valence-corrected chi connectivity index (χ3v) is 7.12. The molecule has 30 heavy (non-hydrogen) atoms. The number of imide groups is 1. The second kappa shape index (κ2) is 7.69. The summed E-state index contributed by atoms with van der Waals surface area (Å²) in [5, 5.41) is 2.35. The van der Waals surface area contributed by atoms with Gasteiger partial charge >= 0.3 is 0 Å². The number of carbonyl (C=O) groups is 3. The first-order chi connectivity index (χ1) is 14.5. The summed E-state index contributed by atoms with van der Waals surface area (Å²) in [5.41, 5.74) is 1.52. The van der Waals surface area contributed by atoms with Gasteiger partial charge in [0.2, 0.25) is 11.8 Å². The zero-order chi connectivity index (χ0) is 20.8. The molecule has 1 unspecified atom stereocenters. The molecule has 1 aromatic carbocycles. The summed E-state index contributed by atoms with van der Waals surface area (Å²) in [5.74, 6) is 0.773. The average Bonchev–Trinajstić information content (AvgIpc) is 3.41. The van der Waals surface area contributed by atoms with Crippen molar-refractivity contribution >= 4 is 17.7 Å². The quantitative estimate of drug-likeness (QED) is 0.768. The van der Waals surface area contributed by atoms with Gasteiger partial charge in [0, 0.05) is 31.1 Å². The van der Waals surface area contributed by atoms with Gasteiger partial charge in [0.1, 0.15) is 17.9 Å². The first-order valence-corrected chi connectivity index (χ1v) is 11.2. The minimum Gasteiger partial charge on any atom is -0.489 e. The second-order valence-corrected chi connectivity index (χ2v) is 9.26. The lowest BCUT2D eigenvalue weighted by Crippen LogP contribution is -2.52. The Kier molecular flexibility index (Phi) is 5.01. The van der Waals surface area contributed by atoms with Crippen molar-refractivity contribution in [2.75, 3.05) is 13.1 Å². The van der Waals surface area contributed by atoms with Crippen molar-refractivity contribution in [1.82, 2.24) is 15.1 Å². The number of nitrogens with one attached hydrogen (secondary N) is 1. The number of benzene rings is 1. The van der Waals surface area contributed by atoms with Crippen molar-refractivity contribution in [2.45, 2.75) is 70.2 Å². The van der Waals surface area contributed by atoms with Gasteiger partial charge in [-0.05, 0) is 68.3 Å². The summed E-state index contributed by atoms with van der Waals surface area (Å²) < 4.78 is 6.42. The monoisotopic (exact) mass is 411 g/mol. The highest BCUT2D eigenvalue weighted by atomic mass is 16.5. The van der Waals surface area contributed by atoms with E-state index in [2.05, 4.69) is 17.1 Å². The van der Waals surface area contributed by atoms with E-state index < -0.39 is 6.04 Å². The number of hydrogen-bond donors (Lipinski definition) is 1. The molecule has 3 amide bonds. The van der Waals surface area contributed by atoms with Crippen LogP contribution in [0.3, 0.4) is 0 Å². The summed E-state index contributed by atoms with van der Waals surface area (Å²) in [4.78, 5) is 40.7. The van der Waals surface area contributed by atoms with E-state index in [0.29, 0.717) is 24.6 Å². The molecular formula is C23H29N3O4. The van der Waals surface area contributed by atoms with E-state index in [9.17, 15) is 14.4 Å². The minimum absolute atomic E-state index is 0.143. The van der Waals surface area contributed by atoms with Crippen LogP contribution in [0.15, 0.2) is 18.2 Å². The van der Waals surface area contributed by atoms with Crippen molar-refractivity contribution in [3.63, 3.8) is 0 Å². The number of amides is 3. The van der Waals surface area contributed by atoms with Gasteiger partial charge in [-0.3, -0.25) is 24.6 Å². The molecule has 4 aliphatic rings. The van der Waals surface area contributed by atoms with Crippen LogP contribution in [0.25, 0.3) is 0 Å². The lowest BCUT2D eigenvalue weighted by Gasteiger charge is -2.30. The van der Waals surface area contributed by atoms with Gasteiger partial charge in [0.15, 0.2) is 0 Å². The number of likely N-dealkylation sites (tertiary alicyclic amines) is 1. The number of fused-ring (bicyclic) bond motifs is 1. The summed E-state index contributed by atoms with van der Waals surface area (Å²) in [6.07, 6.45) is 5.54. The van der Waals surface area contributed by atoms with Gasteiger partial charge in [-0.25, -0.2) is 0 Å². The molecule has 0 spiro atoms. The molecule has 0 radical (unpaired) electrons. The highest BCUT2D eigenvalue weighted by molar-refractivity contribution is 6.05. The number of nitrogens with zero attached hydrogens (tertiary/aromatic N) is 2. The summed E-state index contributed by atoms with van der Waals surface area (Å²) >= 11 is 0. The fourth-order valence-electron chi connectivity index (χ4n) is 5.53. The van der Waals surface area contributed by atoms with E-state index in [0.717, 1.165) is 36.7 Å². The molecule has 1 N–H and O–H groups in total. The third kappa shape index (κ3) is 3.49. The Morgan fingerprint density at radius 2 is 1.97 bits per heavy atom. The molecule has 1 aromatic rings. The lowest BCUT2D eigenvalue weighted by molar-refractivity contribution is -0.136. The largest absolute Gasteiger partial charge is 0.489 e. The Morgan fingerprint density at radius 3 is 2.73 bits per heavy atom. The van der Waals surface area contributed by atoms with Gasteiger partial charge in [-0.1, -0.05) is 6.92 Å². The van der Waals surface area contributed by atoms with Crippen molar-refractivity contribution in [1.29, 1.82) is 0 Å². The lowest BCUT2D eigenvalue weighted by atomic mass is 10.0. The number of piperidine rings is 1. The maximum absolute atomic E-state index is 12.8. The zero-order valence-corrected chi connectivity index (χ0v) is 17.4. The van der Waals surface area contributed by atoms with Crippen LogP contribution in [-0.2, 0) is 16.1 Å². The van der Waals surface area contributed by atoms with Gasteiger partial charge in [0.25, 0.3) is 5.91 Å². The Bertz CT molecular complexity index is 885. The van der Waals surface area contributed by atoms with E-state index in [1.54, 1.807) is 4.90 Å². The van der Waals surface area contributed by atoms with E-state index >= 15 is 0 Å². The highest BCUT2D eigenvalue weighted by Gasteiger charge is 2.40. The number of rotatable bonds is 4. The van der Waals surface area contributed by atoms with Crippen LogP contribution >= 0.6 is 0 Å². The zero-order valence-electron chi connectivity index (χ0n) is 17.4. The van der Waals surface area contributed by atoms with Gasteiger partial charge in [-0.2, -0.15) is 0 Å². The van der Waals surface area contributed by atoms with E-state index in [1.165, 1.54) is 19.3 Å². The Hall–Kier alpha value is -2.41. The van der Waals surface area contributed by atoms with Crippen molar-refractivity contribution < 1.29 is 19.1 Å². The van der Waals surface area contributed by atoms with Crippen LogP contribution < -0.4 is 10.1 Å². The predicted octanol–water partition coefficient (Wildman–Crippen LogP) is 2.09. The Labute approximate surface area is 176 Å². The molecule has 5 rings (SSSR count). The van der Waals surface area contributed by atoms with Crippen LogP contribution in [0, 0.1) is 5.92 Å².